The van der Waals surface area contributed by atoms with Gasteiger partial charge in [0.15, 0.2) is 0 Å². The molecule has 0 saturated heterocycles. The van der Waals surface area contributed by atoms with Crippen LogP contribution in [0.5, 0.6) is 0 Å². The van der Waals surface area contributed by atoms with Crippen LogP contribution in [0.4, 0.5) is 0 Å². The summed E-state index contributed by atoms with van der Waals surface area (Å²) in [6.45, 7) is 0. The molecule has 0 aromatic heterocycles. The van der Waals surface area contributed by atoms with E-state index in [2.05, 4.69) is 0 Å². The fourth-order valence-electron chi connectivity index (χ4n) is 3.00. The van der Waals surface area contributed by atoms with E-state index in [1.165, 1.54) is 12.8 Å². The van der Waals surface area contributed by atoms with Gasteiger partial charge in [-0.1, -0.05) is 38.5 Å². The molecule has 2 fully saturated rings. The van der Waals surface area contributed by atoms with Crippen molar-refractivity contribution in [2.45, 2.75) is 76.4 Å². The Bertz CT molecular complexity index is 295. The second-order valence-corrected chi connectivity index (χ2v) is 7.70. The zero-order valence-electron chi connectivity index (χ0n) is 11.6. The molecule has 2 aliphatic rings. The van der Waals surface area contributed by atoms with Crippen LogP contribution in [0.2, 0.25) is 0 Å². The lowest BCUT2D eigenvalue weighted by Gasteiger charge is -2.30. The third-order valence-electron chi connectivity index (χ3n) is 4.02. The van der Waals surface area contributed by atoms with Crippen molar-refractivity contribution in [1.29, 1.82) is 0 Å². The van der Waals surface area contributed by atoms with Crippen molar-refractivity contribution in [3.63, 3.8) is 0 Å². The zero-order chi connectivity index (χ0) is 13.6. The zero-order valence-corrected chi connectivity index (χ0v) is 12.5. The summed E-state index contributed by atoms with van der Waals surface area (Å²) in [6, 6.07) is 0. The Morgan fingerprint density at radius 2 is 1.26 bits per heavy atom. The average Bonchev–Trinajstić information content (AvgIpc) is 2.41. The smallest absolute Gasteiger partial charge is 0.305 e. The second kappa shape index (κ2) is 7.56. The molecule has 0 atom stereocenters. The van der Waals surface area contributed by atoms with Crippen LogP contribution in [0.1, 0.15) is 64.2 Å². The van der Waals surface area contributed by atoms with Gasteiger partial charge >= 0.3 is 7.60 Å². The standard InChI is InChI=1S/C14H25O4P/c15-11-12-19(16,17-13-7-3-1-4-8-13)18-14-9-5-2-6-10-14/h11,13-14H,1-10,12H2. The summed E-state index contributed by atoms with van der Waals surface area (Å²) in [5.41, 5.74) is 0. The predicted molar refractivity (Wildman–Crippen MR) is 74.5 cm³/mol. The largest absolute Gasteiger partial charge is 0.338 e. The Kier molecular flexibility index (Phi) is 6.06. The minimum atomic E-state index is -3.22. The lowest BCUT2D eigenvalue weighted by molar-refractivity contribution is -0.106. The summed E-state index contributed by atoms with van der Waals surface area (Å²) in [4.78, 5) is 10.8. The van der Waals surface area contributed by atoms with Gasteiger partial charge in [0.1, 0.15) is 12.4 Å². The highest BCUT2D eigenvalue weighted by Crippen LogP contribution is 2.52. The van der Waals surface area contributed by atoms with Crippen molar-refractivity contribution in [3.8, 4) is 0 Å². The Balaban J connectivity index is 1.90. The van der Waals surface area contributed by atoms with Gasteiger partial charge in [-0.15, -0.1) is 0 Å². The minimum absolute atomic E-state index is 0.0168. The van der Waals surface area contributed by atoms with Gasteiger partial charge in [0.25, 0.3) is 0 Å². The Morgan fingerprint density at radius 3 is 1.63 bits per heavy atom. The predicted octanol–water partition coefficient (Wildman–Crippen LogP) is 4.08. The van der Waals surface area contributed by atoms with Gasteiger partial charge in [-0.3, -0.25) is 4.57 Å². The molecular formula is C14H25O4P. The molecule has 0 spiro atoms. The molecule has 0 unspecified atom stereocenters. The second-order valence-electron chi connectivity index (χ2n) is 5.69. The van der Waals surface area contributed by atoms with Crippen LogP contribution in [0.3, 0.4) is 0 Å². The van der Waals surface area contributed by atoms with Gasteiger partial charge in [-0.05, 0) is 25.7 Å². The van der Waals surface area contributed by atoms with Crippen LogP contribution in [0, 0.1) is 0 Å². The van der Waals surface area contributed by atoms with Crippen molar-refractivity contribution < 1.29 is 18.4 Å². The van der Waals surface area contributed by atoms with Crippen molar-refractivity contribution >= 4 is 13.9 Å². The highest BCUT2D eigenvalue weighted by molar-refractivity contribution is 7.54. The van der Waals surface area contributed by atoms with Gasteiger partial charge in [0.05, 0.1) is 12.2 Å². The lowest BCUT2D eigenvalue weighted by atomic mass is 9.98. The van der Waals surface area contributed by atoms with E-state index in [-0.39, 0.29) is 18.4 Å². The van der Waals surface area contributed by atoms with Crippen molar-refractivity contribution in [3.05, 3.63) is 0 Å². The molecule has 0 bridgehead atoms. The summed E-state index contributed by atoms with van der Waals surface area (Å²) in [7, 11) is -3.22. The van der Waals surface area contributed by atoms with E-state index in [0.29, 0.717) is 6.29 Å². The number of aldehydes is 1. The molecule has 0 aliphatic heterocycles. The SMILES string of the molecule is O=CCP(=O)(OC1CCCCC1)OC1CCCCC1. The van der Waals surface area contributed by atoms with Gasteiger partial charge in [-0.25, -0.2) is 0 Å². The highest BCUT2D eigenvalue weighted by atomic mass is 31.2. The van der Waals surface area contributed by atoms with Gasteiger partial charge in [-0.2, -0.15) is 0 Å². The normalized spacial score (nSPS) is 23.4. The molecule has 2 rings (SSSR count). The first-order valence-corrected chi connectivity index (χ1v) is 9.34. The van der Waals surface area contributed by atoms with Crippen LogP contribution >= 0.6 is 7.60 Å². The van der Waals surface area contributed by atoms with E-state index < -0.39 is 7.60 Å². The molecular weight excluding hydrogens is 263 g/mol. The third-order valence-corrected chi connectivity index (χ3v) is 5.86. The first-order chi connectivity index (χ1) is 9.22. The lowest BCUT2D eigenvalue weighted by Crippen LogP contribution is -2.21. The van der Waals surface area contributed by atoms with Crippen LogP contribution in [-0.4, -0.2) is 24.7 Å². The Morgan fingerprint density at radius 1 is 0.842 bits per heavy atom. The summed E-state index contributed by atoms with van der Waals surface area (Å²) >= 11 is 0. The van der Waals surface area contributed by atoms with Crippen LogP contribution in [-0.2, 0) is 18.4 Å². The fourth-order valence-corrected chi connectivity index (χ4v) is 4.73. The van der Waals surface area contributed by atoms with Crippen molar-refractivity contribution in [2.24, 2.45) is 0 Å². The van der Waals surface area contributed by atoms with E-state index in [1.807, 2.05) is 0 Å². The Hall–Kier alpha value is -0.180. The first-order valence-electron chi connectivity index (χ1n) is 7.61. The summed E-state index contributed by atoms with van der Waals surface area (Å²) in [5, 5.41) is 0. The molecule has 5 heteroatoms. The van der Waals surface area contributed by atoms with Crippen LogP contribution < -0.4 is 0 Å². The molecule has 0 aromatic rings. The first kappa shape index (κ1) is 15.2. The quantitative estimate of drug-likeness (QED) is 0.546. The molecule has 19 heavy (non-hydrogen) atoms. The van der Waals surface area contributed by atoms with Crippen LogP contribution in [0.15, 0.2) is 0 Å². The number of hydrogen-bond donors (Lipinski definition) is 0. The number of hydrogen-bond acceptors (Lipinski definition) is 4. The molecule has 4 nitrogen and oxygen atoms in total. The van der Waals surface area contributed by atoms with E-state index in [4.69, 9.17) is 9.05 Å². The van der Waals surface area contributed by atoms with E-state index >= 15 is 0 Å². The van der Waals surface area contributed by atoms with Crippen molar-refractivity contribution in [2.75, 3.05) is 6.16 Å². The highest BCUT2D eigenvalue weighted by Gasteiger charge is 2.32. The molecule has 2 saturated carbocycles. The number of rotatable bonds is 6. The molecule has 0 N–H and O–H groups in total. The Labute approximate surface area is 115 Å². The molecule has 0 heterocycles. The van der Waals surface area contributed by atoms with E-state index in [9.17, 15) is 9.36 Å². The summed E-state index contributed by atoms with van der Waals surface area (Å²) in [5.74, 6) is 0. The maximum absolute atomic E-state index is 12.7. The van der Waals surface area contributed by atoms with E-state index in [0.717, 1.165) is 51.4 Å². The third kappa shape index (κ3) is 5.02. The summed E-state index contributed by atoms with van der Waals surface area (Å²) < 4.78 is 24.1. The van der Waals surface area contributed by atoms with Gasteiger partial charge in [0, 0.05) is 0 Å². The molecule has 110 valence electrons. The maximum Gasteiger partial charge on any atom is 0.338 e. The average molecular weight is 288 g/mol. The minimum Gasteiger partial charge on any atom is -0.305 e. The molecule has 0 radical (unpaired) electrons. The van der Waals surface area contributed by atoms with Gasteiger partial charge in [0.2, 0.25) is 0 Å². The molecule has 0 amide bonds. The van der Waals surface area contributed by atoms with Crippen LogP contribution in [0.25, 0.3) is 0 Å². The maximum atomic E-state index is 12.7. The van der Waals surface area contributed by atoms with Crippen molar-refractivity contribution in [1.82, 2.24) is 0 Å². The molecule has 2 aliphatic carbocycles. The number of carbonyl (C=O) groups excluding carboxylic acids is 1. The monoisotopic (exact) mass is 288 g/mol. The summed E-state index contributed by atoms with van der Waals surface area (Å²) in [6.07, 6.45) is 11.3. The fraction of sp³-hybridized carbons (Fsp3) is 0.929. The molecule has 0 aromatic carbocycles. The topological polar surface area (TPSA) is 52.6 Å². The van der Waals surface area contributed by atoms with Gasteiger partial charge < -0.3 is 13.8 Å². The number of carbonyl (C=O) groups is 1. The van der Waals surface area contributed by atoms with E-state index in [1.54, 1.807) is 0 Å².